The van der Waals surface area contributed by atoms with E-state index in [2.05, 4.69) is 23.0 Å². The lowest BCUT2D eigenvalue weighted by atomic mass is 10.1. The Hall–Kier alpha value is -2.13. The van der Waals surface area contributed by atoms with E-state index < -0.39 is 6.09 Å². The second-order valence-corrected chi connectivity index (χ2v) is 7.50. The molecule has 0 aliphatic carbocycles. The molecule has 4 heterocycles. The SMILES string of the molecule is CCn1ccc(CN2C[C@@H]3COC[C@H](C2)N(C(=O)CN2CCOC2=O)C3)n1. The van der Waals surface area contributed by atoms with Gasteiger partial charge in [-0.25, -0.2) is 4.79 Å². The van der Waals surface area contributed by atoms with Gasteiger partial charge >= 0.3 is 6.09 Å². The molecule has 0 radical (unpaired) electrons. The molecule has 1 aromatic rings. The van der Waals surface area contributed by atoms with Crippen LogP contribution < -0.4 is 0 Å². The largest absolute Gasteiger partial charge is 0.448 e. The number of amides is 2. The molecule has 9 nitrogen and oxygen atoms in total. The fraction of sp³-hybridized carbons (Fsp3) is 0.722. The fourth-order valence-electron chi connectivity index (χ4n) is 4.09. The topological polar surface area (TPSA) is 80.1 Å². The van der Waals surface area contributed by atoms with Gasteiger partial charge < -0.3 is 14.4 Å². The molecule has 9 heteroatoms. The number of hydrogen-bond donors (Lipinski definition) is 0. The van der Waals surface area contributed by atoms with E-state index in [0.717, 1.165) is 31.9 Å². The molecule has 2 amide bonds. The maximum Gasteiger partial charge on any atom is 0.410 e. The van der Waals surface area contributed by atoms with Crippen molar-refractivity contribution in [1.82, 2.24) is 24.5 Å². The van der Waals surface area contributed by atoms with Crippen molar-refractivity contribution >= 4 is 12.0 Å². The molecule has 2 atom stereocenters. The Balaban J connectivity index is 1.43. The van der Waals surface area contributed by atoms with Crippen LogP contribution in [0.15, 0.2) is 12.3 Å². The van der Waals surface area contributed by atoms with Crippen LogP contribution in [-0.2, 0) is 27.4 Å². The lowest BCUT2D eigenvalue weighted by Gasteiger charge is -2.31. The molecule has 4 rings (SSSR count). The maximum atomic E-state index is 12.9. The summed E-state index contributed by atoms with van der Waals surface area (Å²) in [5.74, 6) is 0.242. The van der Waals surface area contributed by atoms with Crippen LogP contribution in [0.1, 0.15) is 12.6 Å². The average molecular weight is 377 g/mol. The van der Waals surface area contributed by atoms with Crippen LogP contribution in [-0.4, -0.2) is 95.1 Å². The van der Waals surface area contributed by atoms with Crippen LogP contribution in [0.5, 0.6) is 0 Å². The number of cyclic esters (lactones) is 1. The number of aryl methyl sites for hydroxylation is 1. The summed E-state index contributed by atoms with van der Waals surface area (Å²) in [6, 6.07) is 2.06. The van der Waals surface area contributed by atoms with Gasteiger partial charge in [-0.05, 0) is 13.0 Å². The normalized spacial score (nSPS) is 26.2. The van der Waals surface area contributed by atoms with Crippen LogP contribution in [0.2, 0.25) is 0 Å². The molecule has 3 saturated heterocycles. The van der Waals surface area contributed by atoms with E-state index >= 15 is 0 Å². The van der Waals surface area contributed by atoms with Crippen molar-refractivity contribution in [3.8, 4) is 0 Å². The third-order valence-corrected chi connectivity index (χ3v) is 5.44. The van der Waals surface area contributed by atoms with E-state index in [1.165, 1.54) is 4.90 Å². The zero-order valence-corrected chi connectivity index (χ0v) is 15.7. The van der Waals surface area contributed by atoms with Crippen LogP contribution >= 0.6 is 0 Å². The first-order chi connectivity index (χ1) is 13.1. The zero-order valence-electron chi connectivity index (χ0n) is 15.7. The van der Waals surface area contributed by atoms with Crippen LogP contribution in [0.4, 0.5) is 4.79 Å². The Kier molecular flexibility index (Phi) is 5.31. The Morgan fingerprint density at radius 1 is 1.30 bits per heavy atom. The molecule has 2 bridgehead atoms. The second kappa shape index (κ2) is 7.85. The fourth-order valence-corrected chi connectivity index (χ4v) is 4.09. The summed E-state index contributed by atoms with van der Waals surface area (Å²) in [7, 11) is 0. The molecule has 148 valence electrons. The van der Waals surface area contributed by atoms with E-state index in [1.54, 1.807) is 0 Å². The number of nitrogens with zero attached hydrogens (tertiary/aromatic N) is 5. The monoisotopic (exact) mass is 377 g/mol. The number of ether oxygens (including phenoxy) is 2. The number of hydrogen-bond acceptors (Lipinski definition) is 6. The Bertz CT molecular complexity index is 693. The highest BCUT2D eigenvalue weighted by molar-refractivity contribution is 5.83. The lowest BCUT2D eigenvalue weighted by molar-refractivity contribution is -0.134. The average Bonchev–Trinajstić information content (AvgIpc) is 3.14. The summed E-state index contributed by atoms with van der Waals surface area (Å²) in [6.45, 7) is 8.14. The smallest absolute Gasteiger partial charge is 0.410 e. The molecule has 0 N–H and O–H groups in total. The van der Waals surface area contributed by atoms with Gasteiger partial charge in [-0.2, -0.15) is 5.10 Å². The standard InChI is InChI=1S/C18H27N5O4/c1-2-22-4-3-15(19-22)9-20-7-14-8-23(16(10-20)13-26-12-14)17(24)11-21-5-6-27-18(21)25/h3-4,14,16H,2,5-13H2,1H3/t14-,16-/m0/s1. The van der Waals surface area contributed by atoms with Gasteiger partial charge in [0.15, 0.2) is 0 Å². The van der Waals surface area contributed by atoms with E-state index in [0.29, 0.717) is 32.9 Å². The maximum absolute atomic E-state index is 12.9. The molecule has 0 spiro atoms. The highest BCUT2D eigenvalue weighted by atomic mass is 16.6. The molecule has 3 aliphatic heterocycles. The first-order valence-electron chi connectivity index (χ1n) is 9.66. The van der Waals surface area contributed by atoms with Crippen molar-refractivity contribution in [2.75, 3.05) is 52.5 Å². The minimum Gasteiger partial charge on any atom is -0.448 e. The zero-order chi connectivity index (χ0) is 18.8. The van der Waals surface area contributed by atoms with Crippen LogP contribution in [0.25, 0.3) is 0 Å². The minimum absolute atomic E-state index is 0.00288. The summed E-state index contributed by atoms with van der Waals surface area (Å²) in [5, 5.41) is 4.58. The van der Waals surface area contributed by atoms with Crippen LogP contribution in [0, 0.1) is 5.92 Å². The molecule has 0 aromatic carbocycles. The highest BCUT2D eigenvalue weighted by Crippen LogP contribution is 2.21. The Labute approximate surface area is 158 Å². The third-order valence-electron chi connectivity index (χ3n) is 5.44. The van der Waals surface area contributed by atoms with Crippen molar-refractivity contribution in [2.24, 2.45) is 5.92 Å². The number of rotatable bonds is 5. The van der Waals surface area contributed by atoms with Crippen molar-refractivity contribution in [3.05, 3.63) is 18.0 Å². The lowest BCUT2D eigenvalue weighted by Crippen LogP contribution is -2.49. The van der Waals surface area contributed by atoms with Gasteiger partial charge in [0, 0.05) is 44.8 Å². The second-order valence-electron chi connectivity index (χ2n) is 7.50. The van der Waals surface area contributed by atoms with Gasteiger partial charge in [0.05, 0.1) is 31.5 Å². The molecule has 3 fully saturated rings. The number of fused-ring (bicyclic) bond motifs is 3. The first kappa shape index (κ1) is 18.2. The first-order valence-corrected chi connectivity index (χ1v) is 9.66. The van der Waals surface area contributed by atoms with E-state index in [-0.39, 0.29) is 24.4 Å². The summed E-state index contributed by atoms with van der Waals surface area (Å²) in [4.78, 5) is 30.3. The summed E-state index contributed by atoms with van der Waals surface area (Å²) < 4.78 is 12.7. The van der Waals surface area contributed by atoms with Crippen molar-refractivity contribution in [1.29, 1.82) is 0 Å². The number of carbonyl (C=O) groups is 2. The summed E-state index contributed by atoms with van der Waals surface area (Å²) in [6.07, 6.45) is 1.60. The van der Waals surface area contributed by atoms with Gasteiger partial charge in [0.25, 0.3) is 0 Å². The van der Waals surface area contributed by atoms with Gasteiger partial charge in [-0.3, -0.25) is 19.3 Å². The molecular weight excluding hydrogens is 350 g/mol. The summed E-state index contributed by atoms with van der Waals surface area (Å²) in [5.41, 5.74) is 1.05. The minimum atomic E-state index is -0.398. The summed E-state index contributed by atoms with van der Waals surface area (Å²) >= 11 is 0. The quantitative estimate of drug-likeness (QED) is 0.719. The highest BCUT2D eigenvalue weighted by Gasteiger charge is 2.37. The number of carbonyl (C=O) groups excluding carboxylic acids is 2. The van der Waals surface area contributed by atoms with E-state index in [9.17, 15) is 9.59 Å². The van der Waals surface area contributed by atoms with Crippen molar-refractivity contribution < 1.29 is 19.1 Å². The van der Waals surface area contributed by atoms with Crippen molar-refractivity contribution in [2.45, 2.75) is 26.1 Å². The third kappa shape index (κ3) is 4.08. The molecule has 1 aromatic heterocycles. The van der Waals surface area contributed by atoms with Gasteiger partial charge in [0.1, 0.15) is 13.2 Å². The molecule has 3 aliphatic rings. The molecular formula is C18H27N5O4. The van der Waals surface area contributed by atoms with Gasteiger partial charge in [-0.15, -0.1) is 0 Å². The number of aromatic nitrogens is 2. The molecule has 0 saturated carbocycles. The van der Waals surface area contributed by atoms with E-state index in [1.807, 2.05) is 15.8 Å². The Morgan fingerprint density at radius 3 is 2.93 bits per heavy atom. The predicted molar refractivity (Wildman–Crippen MR) is 95.9 cm³/mol. The van der Waals surface area contributed by atoms with Crippen LogP contribution in [0.3, 0.4) is 0 Å². The van der Waals surface area contributed by atoms with Gasteiger partial charge in [-0.1, -0.05) is 0 Å². The predicted octanol–water partition coefficient (Wildman–Crippen LogP) is 0.0144. The van der Waals surface area contributed by atoms with E-state index in [4.69, 9.17) is 9.47 Å². The van der Waals surface area contributed by atoms with Crippen molar-refractivity contribution in [3.63, 3.8) is 0 Å². The van der Waals surface area contributed by atoms with Gasteiger partial charge in [0.2, 0.25) is 5.91 Å². The Morgan fingerprint density at radius 2 is 2.19 bits per heavy atom. The molecule has 27 heavy (non-hydrogen) atoms. The molecule has 0 unspecified atom stereocenters.